The number of nitrogens with zero attached hydrogens (tertiary/aromatic N) is 1. The Balaban J connectivity index is 2.37. The van der Waals surface area contributed by atoms with E-state index in [4.69, 9.17) is 5.73 Å². The zero-order chi connectivity index (χ0) is 9.97. The Kier molecular flexibility index (Phi) is 2.61. The molecular weight excluding hydrogens is 192 g/mol. The fourth-order valence-corrected chi connectivity index (χ4v) is 2.11. The van der Waals surface area contributed by atoms with E-state index in [2.05, 4.69) is 24.0 Å². The van der Waals surface area contributed by atoms with Crippen LogP contribution in [-0.2, 0) is 0 Å². The summed E-state index contributed by atoms with van der Waals surface area (Å²) in [4.78, 5) is 5.15. The number of benzene rings is 1. The van der Waals surface area contributed by atoms with Crippen LogP contribution in [0, 0.1) is 6.92 Å². The summed E-state index contributed by atoms with van der Waals surface area (Å²) in [6.45, 7) is 2.08. The summed E-state index contributed by atoms with van der Waals surface area (Å²) in [6.07, 6.45) is 1.84. The molecule has 0 radical (unpaired) electrons. The van der Waals surface area contributed by atoms with Gasteiger partial charge in [-0.15, -0.1) is 11.3 Å². The molecular formula is C11H12N2S. The van der Waals surface area contributed by atoms with E-state index in [0.717, 1.165) is 4.88 Å². The largest absolute Gasteiger partial charge is 0.320 e. The molecule has 1 atom stereocenters. The predicted octanol–water partition coefficient (Wildman–Crippen LogP) is 2.50. The Morgan fingerprint density at radius 3 is 2.79 bits per heavy atom. The van der Waals surface area contributed by atoms with Crippen LogP contribution in [-0.4, -0.2) is 4.98 Å². The molecule has 0 bridgehead atoms. The monoisotopic (exact) mass is 204 g/mol. The van der Waals surface area contributed by atoms with Crippen molar-refractivity contribution in [2.75, 3.05) is 0 Å². The lowest BCUT2D eigenvalue weighted by atomic mass is 10.0. The SMILES string of the molecule is Cc1ccccc1C(N)c1cncs1. The van der Waals surface area contributed by atoms with Crippen molar-refractivity contribution in [3.05, 3.63) is 52.0 Å². The molecule has 0 saturated carbocycles. The van der Waals surface area contributed by atoms with Gasteiger partial charge in [0.2, 0.25) is 0 Å². The van der Waals surface area contributed by atoms with Crippen LogP contribution in [0.15, 0.2) is 36.0 Å². The quantitative estimate of drug-likeness (QED) is 0.816. The molecule has 2 nitrogen and oxygen atoms in total. The molecule has 0 saturated heterocycles. The summed E-state index contributed by atoms with van der Waals surface area (Å²) in [5.74, 6) is 0. The number of nitrogens with two attached hydrogens (primary N) is 1. The van der Waals surface area contributed by atoms with E-state index in [-0.39, 0.29) is 6.04 Å². The standard InChI is InChI=1S/C11H12N2S/c1-8-4-2-3-5-9(8)11(12)10-6-13-7-14-10/h2-7,11H,12H2,1H3. The van der Waals surface area contributed by atoms with E-state index in [1.165, 1.54) is 11.1 Å². The molecule has 1 heterocycles. The molecule has 1 aromatic carbocycles. The Morgan fingerprint density at radius 1 is 1.36 bits per heavy atom. The Morgan fingerprint density at radius 2 is 2.14 bits per heavy atom. The van der Waals surface area contributed by atoms with Gasteiger partial charge < -0.3 is 5.73 Å². The van der Waals surface area contributed by atoms with Gasteiger partial charge in [-0.3, -0.25) is 4.98 Å². The number of thiazole rings is 1. The minimum Gasteiger partial charge on any atom is -0.320 e. The van der Waals surface area contributed by atoms with Gasteiger partial charge in [-0.2, -0.15) is 0 Å². The lowest BCUT2D eigenvalue weighted by Crippen LogP contribution is -2.11. The molecule has 0 aliphatic rings. The van der Waals surface area contributed by atoms with E-state index in [1.807, 2.05) is 23.8 Å². The Hall–Kier alpha value is -1.19. The fraction of sp³-hybridized carbons (Fsp3) is 0.182. The smallest absolute Gasteiger partial charge is 0.0794 e. The lowest BCUT2D eigenvalue weighted by Gasteiger charge is -2.11. The van der Waals surface area contributed by atoms with Crippen LogP contribution >= 0.6 is 11.3 Å². The van der Waals surface area contributed by atoms with Crippen molar-refractivity contribution in [2.45, 2.75) is 13.0 Å². The van der Waals surface area contributed by atoms with Gasteiger partial charge in [-0.25, -0.2) is 0 Å². The van der Waals surface area contributed by atoms with Gasteiger partial charge in [0.05, 0.1) is 11.6 Å². The lowest BCUT2D eigenvalue weighted by molar-refractivity contribution is 0.879. The van der Waals surface area contributed by atoms with Crippen LogP contribution in [0.4, 0.5) is 0 Å². The number of aryl methyl sites for hydroxylation is 1. The summed E-state index contributed by atoms with van der Waals surface area (Å²) >= 11 is 1.60. The highest BCUT2D eigenvalue weighted by atomic mass is 32.1. The maximum atomic E-state index is 6.13. The average molecular weight is 204 g/mol. The molecule has 0 amide bonds. The predicted molar refractivity (Wildman–Crippen MR) is 59.3 cm³/mol. The van der Waals surface area contributed by atoms with Crippen LogP contribution < -0.4 is 5.73 Å². The van der Waals surface area contributed by atoms with Crippen LogP contribution in [0.5, 0.6) is 0 Å². The van der Waals surface area contributed by atoms with Crippen molar-refractivity contribution in [3.8, 4) is 0 Å². The summed E-state index contributed by atoms with van der Waals surface area (Å²) in [6, 6.07) is 8.15. The van der Waals surface area contributed by atoms with Gasteiger partial charge >= 0.3 is 0 Å². The van der Waals surface area contributed by atoms with Gasteiger partial charge in [0, 0.05) is 11.1 Å². The minimum atomic E-state index is -0.0382. The van der Waals surface area contributed by atoms with E-state index < -0.39 is 0 Å². The van der Waals surface area contributed by atoms with Crippen molar-refractivity contribution in [1.82, 2.24) is 4.98 Å². The molecule has 14 heavy (non-hydrogen) atoms. The first-order valence-corrected chi connectivity index (χ1v) is 5.36. The van der Waals surface area contributed by atoms with E-state index in [0.29, 0.717) is 0 Å². The van der Waals surface area contributed by atoms with Crippen molar-refractivity contribution >= 4 is 11.3 Å². The van der Waals surface area contributed by atoms with Crippen molar-refractivity contribution < 1.29 is 0 Å². The third kappa shape index (κ3) is 1.69. The van der Waals surface area contributed by atoms with E-state index in [1.54, 1.807) is 11.3 Å². The number of aromatic nitrogens is 1. The van der Waals surface area contributed by atoms with Gasteiger partial charge in [-0.1, -0.05) is 24.3 Å². The Labute approximate surface area is 87.4 Å². The normalized spacial score (nSPS) is 12.7. The minimum absolute atomic E-state index is 0.0382. The highest BCUT2D eigenvalue weighted by Crippen LogP contribution is 2.24. The first kappa shape index (κ1) is 9.37. The van der Waals surface area contributed by atoms with Gasteiger partial charge in [0.1, 0.15) is 0 Å². The van der Waals surface area contributed by atoms with E-state index >= 15 is 0 Å². The molecule has 2 N–H and O–H groups in total. The second-order valence-electron chi connectivity index (χ2n) is 3.24. The third-order valence-corrected chi connectivity index (χ3v) is 3.14. The molecule has 2 rings (SSSR count). The second-order valence-corrected chi connectivity index (χ2v) is 4.16. The zero-order valence-corrected chi connectivity index (χ0v) is 8.79. The van der Waals surface area contributed by atoms with Crippen LogP contribution in [0.3, 0.4) is 0 Å². The molecule has 72 valence electrons. The van der Waals surface area contributed by atoms with Crippen LogP contribution in [0.2, 0.25) is 0 Å². The molecule has 3 heteroatoms. The second kappa shape index (κ2) is 3.90. The van der Waals surface area contributed by atoms with Gasteiger partial charge in [-0.05, 0) is 18.1 Å². The zero-order valence-electron chi connectivity index (χ0n) is 7.97. The molecule has 0 aliphatic carbocycles. The molecule has 1 unspecified atom stereocenters. The number of hydrogen-bond acceptors (Lipinski definition) is 3. The van der Waals surface area contributed by atoms with Gasteiger partial charge in [0.15, 0.2) is 0 Å². The van der Waals surface area contributed by atoms with Gasteiger partial charge in [0.25, 0.3) is 0 Å². The highest BCUT2D eigenvalue weighted by Gasteiger charge is 2.11. The summed E-state index contributed by atoms with van der Waals surface area (Å²) in [5.41, 5.74) is 10.4. The maximum absolute atomic E-state index is 6.13. The molecule has 0 aliphatic heterocycles. The maximum Gasteiger partial charge on any atom is 0.0794 e. The first-order valence-electron chi connectivity index (χ1n) is 4.48. The first-order chi connectivity index (χ1) is 6.79. The number of rotatable bonds is 2. The van der Waals surface area contributed by atoms with Crippen LogP contribution in [0.1, 0.15) is 22.0 Å². The van der Waals surface area contributed by atoms with Crippen molar-refractivity contribution in [2.24, 2.45) is 5.73 Å². The summed E-state index contributed by atoms with van der Waals surface area (Å²) < 4.78 is 0. The van der Waals surface area contributed by atoms with Crippen molar-refractivity contribution in [3.63, 3.8) is 0 Å². The van der Waals surface area contributed by atoms with E-state index in [9.17, 15) is 0 Å². The Bertz CT molecular complexity index is 409. The average Bonchev–Trinajstić information content (AvgIpc) is 2.70. The topological polar surface area (TPSA) is 38.9 Å². The molecule has 0 spiro atoms. The molecule has 2 aromatic rings. The van der Waals surface area contributed by atoms with Crippen LogP contribution in [0.25, 0.3) is 0 Å². The third-order valence-electron chi connectivity index (χ3n) is 2.28. The number of hydrogen-bond donors (Lipinski definition) is 1. The molecule has 0 fully saturated rings. The summed E-state index contributed by atoms with van der Waals surface area (Å²) in [7, 11) is 0. The highest BCUT2D eigenvalue weighted by molar-refractivity contribution is 7.09. The van der Waals surface area contributed by atoms with Crippen molar-refractivity contribution in [1.29, 1.82) is 0 Å². The fourth-order valence-electron chi connectivity index (χ4n) is 1.47. The molecule has 1 aromatic heterocycles. The summed E-state index contributed by atoms with van der Waals surface area (Å²) in [5, 5.41) is 0.